The molecule has 5 fully saturated rings. The highest BCUT2D eigenvalue weighted by molar-refractivity contribution is 6.75. The van der Waals surface area contributed by atoms with Gasteiger partial charge < -0.3 is 79.3 Å². The molecule has 20 atom stereocenters. The second kappa shape index (κ2) is 43.5. The van der Waals surface area contributed by atoms with Gasteiger partial charge in [0, 0.05) is 64.1 Å². The van der Waals surface area contributed by atoms with Crippen molar-refractivity contribution in [2.45, 2.75) is 434 Å². The first-order valence-electron chi connectivity index (χ1n) is 44.5. The molecule has 1 N–H and O–H groups in total. The number of hydrogen-bond donors (Lipinski definition) is 1. The quantitative estimate of drug-likeness (QED) is 0.0285. The Labute approximate surface area is 708 Å². The van der Waals surface area contributed by atoms with Gasteiger partial charge in [0.25, 0.3) is 0 Å². The number of carbonyl (C=O) groups is 1. The lowest BCUT2D eigenvalue weighted by molar-refractivity contribution is -0.413. The fourth-order valence-corrected chi connectivity index (χ4v) is 26.9. The van der Waals surface area contributed by atoms with Gasteiger partial charge in [-0.1, -0.05) is 154 Å². The lowest BCUT2D eigenvalue weighted by Gasteiger charge is -2.54. The van der Waals surface area contributed by atoms with Gasteiger partial charge in [0.05, 0.1) is 88.1 Å². The molecule has 0 bridgehead atoms. The van der Waals surface area contributed by atoms with Gasteiger partial charge in [-0.05, 0) is 216 Å². The van der Waals surface area contributed by atoms with Crippen molar-refractivity contribution in [3.63, 3.8) is 0 Å². The summed E-state index contributed by atoms with van der Waals surface area (Å²) in [6.45, 7) is 56.5. The number of rotatable bonds is 45. The maximum atomic E-state index is 12.6. The Hall–Kier alpha value is -2.12. The van der Waals surface area contributed by atoms with E-state index in [1.165, 1.54) is 0 Å². The van der Waals surface area contributed by atoms with Crippen molar-refractivity contribution >= 4 is 59.2 Å². The fourth-order valence-electron chi connectivity index (χ4n) is 16.9. The van der Waals surface area contributed by atoms with Gasteiger partial charge in [0.1, 0.15) is 35.9 Å². The average molecular weight is 1720 g/mol. The first kappa shape index (κ1) is 100.0. The summed E-state index contributed by atoms with van der Waals surface area (Å²) in [4.78, 5) is 12.4. The molecule has 5 aliphatic rings. The molecule has 5 heterocycles. The maximum absolute atomic E-state index is 12.6. The molecule has 5 saturated heterocycles. The zero-order valence-electron chi connectivity index (χ0n) is 77.0. The van der Waals surface area contributed by atoms with Crippen LogP contribution in [-0.4, -0.2) is 190 Å². The second-order valence-corrected chi connectivity index (χ2v) is 63.6. The van der Waals surface area contributed by atoms with Gasteiger partial charge >= 0.3 is 5.97 Å². The Balaban J connectivity index is 1.23. The highest BCUT2D eigenvalue weighted by atomic mass is 35.5. The predicted molar refractivity (Wildman–Crippen MR) is 476 cm³/mol. The Morgan fingerprint density at radius 3 is 1.66 bits per heavy atom. The lowest BCUT2D eigenvalue weighted by Crippen LogP contribution is -2.61. The first-order valence-corrected chi connectivity index (χ1v) is 58.7. The summed E-state index contributed by atoms with van der Waals surface area (Å²) < 4.78 is 111. The second-order valence-electron chi connectivity index (χ2n) is 39.3. The van der Waals surface area contributed by atoms with E-state index in [1.54, 1.807) is 28.4 Å². The van der Waals surface area contributed by atoms with Crippen molar-refractivity contribution in [1.82, 2.24) is 0 Å². The monoisotopic (exact) mass is 1720 g/mol. The third-order valence-corrected chi connectivity index (χ3v) is 51.9. The molecule has 115 heavy (non-hydrogen) atoms. The van der Waals surface area contributed by atoms with E-state index in [-0.39, 0.29) is 101 Å². The summed E-state index contributed by atoms with van der Waals surface area (Å²) in [6, 6.07) is 21.6. The molecule has 7 rings (SSSR count). The Kier molecular flexibility index (Phi) is 37.8. The van der Waals surface area contributed by atoms with Crippen LogP contribution in [0.2, 0.25) is 90.7 Å². The van der Waals surface area contributed by atoms with Gasteiger partial charge in [-0.3, -0.25) is 4.79 Å². The number of fused-ring (bicyclic) bond motifs is 1. The van der Waals surface area contributed by atoms with Gasteiger partial charge in [0.15, 0.2) is 53.2 Å². The molecule has 18 nitrogen and oxygen atoms in total. The molecule has 0 aliphatic carbocycles. The van der Waals surface area contributed by atoms with E-state index in [0.29, 0.717) is 64.6 Å². The van der Waals surface area contributed by atoms with E-state index < -0.39 is 101 Å². The summed E-state index contributed by atoms with van der Waals surface area (Å²) in [5, 5.41) is 12.1. The average Bonchev–Trinajstić information content (AvgIpc) is 1.62. The van der Waals surface area contributed by atoms with Crippen LogP contribution in [-0.2, 0) is 82.8 Å². The molecule has 0 radical (unpaired) electrons. The van der Waals surface area contributed by atoms with Crippen molar-refractivity contribution in [3.05, 3.63) is 59.7 Å². The maximum Gasteiger partial charge on any atom is 0.308 e. The summed E-state index contributed by atoms with van der Waals surface area (Å²) in [6.07, 6.45) is 5.00. The zero-order chi connectivity index (χ0) is 85.3. The number of hydrogen-bond acceptors (Lipinski definition) is 18. The van der Waals surface area contributed by atoms with Gasteiger partial charge in [-0.15, -0.1) is 11.6 Å². The van der Waals surface area contributed by atoms with Crippen LogP contribution in [0.1, 0.15) is 238 Å². The van der Waals surface area contributed by atoms with Gasteiger partial charge in [-0.2, -0.15) is 0 Å². The smallest absolute Gasteiger partial charge is 0.308 e. The standard InChI is InChI=1S/C91H161ClO18Si5/c1-29-114(30-2,31-3)108-84(65(8)39-50-76-83(92)81(98-22)60-90(104-76)54-52-66(9)91(110-90)61-80-79(105-91)59-82(94)103-80)86(109-115(32-4,33-5)34-6)85(100-63-68-42-48-71(96-20)49-43-68)77(97-21)51-45-69(93)44-38-64(7)78(99-62-67-40-46-70(95-19)47-41-67)58-75(107-113(27,28)89(16,17)18)57-74(106-112(25,26)88(13,14)15)56-73-37-35-36-72(102-73)53-55-101-111(23,24)87(10,11)12/h40-43,46-49,64-66,69,72-81,83-86,93H,29-37,39,45,50-63H2,1-28H3/t64-,65-,66-,69?,72+,73-,74+,75-,76+,77-,78+,79-,80-,81+,83+,84-,85-,86-,90+,91+/m0/s1. The number of aliphatic hydroxyl groups excluding tert-OH is 1. The number of alkyl halides is 1. The number of carbonyl (C=O) groups excluding carboxylic acids is 1. The molecule has 2 spiro atoms. The van der Waals surface area contributed by atoms with Crippen LogP contribution in [0.3, 0.4) is 0 Å². The summed E-state index contributed by atoms with van der Waals surface area (Å²) >= 11 is 7.58. The summed E-state index contributed by atoms with van der Waals surface area (Å²) in [7, 11) is -4.83. The third-order valence-electron chi connectivity index (χ3n) is 28.5. The van der Waals surface area contributed by atoms with E-state index in [1.807, 2.05) is 36.4 Å². The molecule has 1 unspecified atom stereocenters. The van der Waals surface area contributed by atoms with Crippen LogP contribution in [0.25, 0.3) is 0 Å². The Morgan fingerprint density at radius 2 is 1.14 bits per heavy atom. The molecular weight excluding hydrogens is 1560 g/mol. The number of halogens is 1. The largest absolute Gasteiger partial charge is 0.497 e. The number of benzene rings is 2. The molecule has 0 saturated carbocycles. The Morgan fingerprint density at radius 1 is 0.600 bits per heavy atom. The number of methoxy groups -OCH3 is 4. The van der Waals surface area contributed by atoms with Crippen molar-refractivity contribution in [2.75, 3.05) is 35.0 Å². The molecule has 660 valence electrons. The van der Waals surface area contributed by atoms with Crippen molar-refractivity contribution in [1.29, 1.82) is 0 Å². The van der Waals surface area contributed by atoms with Crippen molar-refractivity contribution in [3.8, 4) is 23.3 Å². The molecule has 5 aliphatic heterocycles. The number of aliphatic hydroxyl groups is 1. The van der Waals surface area contributed by atoms with Crippen LogP contribution in [0, 0.1) is 29.6 Å². The van der Waals surface area contributed by atoms with Crippen LogP contribution in [0.15, 0.2) is 48.5 Å². The van der Waals surface area contributed by atoms with Gasteiger partial charge in [-0.25, -0.2) is 0 Å². The minimum Gasteiger partial charge on any atom is -0.497 e. The predicted octanol–water partition coefficient (Wildman–Crippen LogP) is 21.8. The molecule has 2 aromatic rings. The van der Waals surface area contributed by atoms with E-state index >= 15 is 0 Å². The minimum absolute atomic E-state index is 0.0317. The van der Waals surface area contributed by atoms with E-state index in [4.69, 9.17) is 85.8 Å². The molecule has 0 amide bonds. The van der Waals surface area contributed by atoms with E-state index in [9.17, 15) is 9.90 Å². The number of ether oxygens (including phenoxy) is 11. The van der Waals surface area contributed by atoms with E-state index in [2.05, 4.69) is 188 Å². The number of esters is 1. The third kappa shape index (κ3) is 27.2. The SMILES string of the molecule is CC[Si](CC)(CC)O[C@H]([C@@H](OCc1ccc(OC)cc1)[C@H](CCC(O)C#C[C@H](C)[C@@H](C[C@H](C[C@@H](C[C@@H]1CCC[C@H](CCO[Si](C)(C)C(C)(C)C)O1)O[Si](C)(C)C(C)(C)C)O[Si](C)(C)C(C)(C)C)OCc1ccc(OC)cc1)OC)[C@@H](O[Si](CC)(CC)CC)[C@@H](C)CC[C@H]1O[C@@]2(CC[C@H](C)[C@@]3(C[C@@H]4OC(=O)C[C@@H]4O3)O2)C[C@@H](OC)[C@@H]1Cl. The summed E-state index contributed by atoms with van der Waals surface area (Å²) in [5.74, 6) is 5.91. The highest BCUT2D eigenvalue weighted by Crippen LogP contribution is 2.55. The van der Waals surface area contributed by atoms with Crippen LogP contribution in [0.5, 0.6) is 11.5 Å². The fraction of sp³-hybridized carbons (Fsp3) is 0.835. The first-order chi connectivity index (χ1) is 53.9. The topological polar surface area (TPSA) is 185 Å². The summed E-state index contributed by atoms with van der Waals surface area (Å²) in [5.41, 5.74) is 1.98. The van der Waals surface area contributed by atoms with Crippen LogP contribution >= 0.6 is 11.6 Å². The van der Waals surface area contributed by atoms with Crippen molar-refractivity contribution < 1.29 is 84.1 Å². The highest BCUT2D eigenvalue weighted by Gasteiger charge is 2.63. The van der Waals surface area contributed by atoms with Crippen molar-refractivity contribution in [2.24, 2.45) is 17.8 Å². The molecule has 0 aromatic heterocycles. The Bertz CT molecular complexity index is 3240. The van der Waals surface area contributed by atoms with Gasteiger partial charge in [0.2, 0.25) is 0 Å². The normalized spacial score (nSPS) is 26.7. The van der Waals surface area contributed by atoms with Crippen LogP contribution < -0.4 is 9.47 Å². The van der Waals surface area contributed by atoms with E-state index in [0.717, 1.165) is 97.4 Å². The lowest BCUT2D eigenvalue weighted by atomic mass is 9.82. The minimum atomic E-state index is -2.53. The molecule has 2 aromatic carbocycles. The molecule has 24 heteroatoms. The zero-order valence-corrected chi connectivity index (χ0v) is 82.7. The van der Waals surface area contributed by atoms with Crippen LogP contribution in [0.4, 0.5) is 0 Å². The molecular formula is C91H161ClO18Si5.